The summed E-state index contributed by atoms with van der Waals surface area (Å²) in [6.45, 7) is 13.6. The van der Waals surface area contributed by atoms with E-state index in [1.165, 1.54) is 4.90 Å². The van der Waals surface area contributed by atoms with Gasteiger partial charge in [0.2, 0.25) is 5.79 Å². The van der Waals surface area contributed by atoms with E-state index in [-0.39, 0.29) is 49.2 Å². The minimum atomic E-state index is -2.47. The fraction of sp³-hybridized carbons (Fsp3) is 0.733. The lowest BCUT2D eigenvalue weighted by molar-refractivity contribution is -0.302. The van der Waals surface area contributed by atoms with Crippen LogP contribution in [-0.4, -0.2) is 117 Å². The second kappa shape index (κ2) is 21.3. The standard InChI is InChI=1S/C45H69NO11/c1-11-14-33-22-27(2)21-28(3)23-38(54-9)41-39(55-10)25-31(6)45(51,57-41)42(48)43(49)46-20-13-12-15-34(46)44(50)56-40(29(4)16-18-35(33)47)30(5)24-32-17-19-36(52-7)37(26-32)53-8/h11,16,18,22,24,28-29,31-34,36-41,51H,1,12-15,17,19-21,23,25-26H2,2-10H3/b18-16-,27-22?,30-24?. The number of ether oxygens (including phenoxy) is 6. The summed E-state index contributed by atoms with van der Waals surface area (Å²) in [5.41, 5.74) is 1.83. The lowest BCUT2D eigenvalue weighted by Gasteiger charge is -2.47. The number of carbonyl (C=O) groups is 4. The van der Waals surface area contributed by atoms with E-state index in [2.05, 4.69) is 19.6 Å². The van der Waals surface area contributed by atoms with Gasteiger partial charge in [0.05, 0.1) is 24.4 Å². The number of cyclic esters (lactones) is 1. The number of allylic oxidation sites excluding steroid dienone is 5. The number of fused-ring (bicyclic) bond motifs is 3. The predicted molar refractivity (Wildman–Crippen MR) is 216 cm³/mol. The van der Waals surface area contributed by atoms with Crippen molar-refractivity contribution in [2.75, 3.05) is 35.0 Å². The Morgan fingerprint density at radius 1 is 0.930 bits per heavy atom. The fourth-order valence-electron chi connectivity index (χ4n) is 9.38. The Morgan fingerprint density at radius 2 is 1.60 bits per heavy atom. The van der Waals surface area contributed by atoms with Crippen LogP contribution in [0.4, 0.5) is 0 Å². The summed E-state index contributed by atoms with van der Waals surface area (Å²) in [4.78, 5) is 57.8. The highest BCUT2D eigenvalue weighted by molar-refractivity contribution is 6.39. The molecule has 320 valence electrons. The van der Waals surface area contributed by atoms with Crippen molar-refractivity contribution in [1.29, 1.82) is 0 Å². The van der Waals surface area contributed by atoms with Crippen LogP contribution in [-0.2, 0) is 47.6 Å². The molecule has 1 amide bonds. The molecule has 4 rings (SSSR count). The lowest BCUT2D eigenvalue weighted by Crippen LogP contribution is -2.64. The maximum atomic E-state index is 14.3. The predicted octanol–water partition coefficient (Wildman–Crippen LogP) is 6.10. The fourth-order valence-corrected chi connectivity index (χ4v) is 9.38. The average molecular weight is 800 g/mol. The Balaban J connectivity index is 1.77. The molecule has 12 nitrogen and oxygen atoms in total. The molecular formula is C45H69NO11. The summed E-state index contributed by atoms with van der Waals surface area (Å²) in [5.74, 6) is -6.80. The number of aliphatic hydroxyl groups is 1. The van der Waals surface area contributed by atoms with Crippen LogP contribution in [0.5, 0.6) is 0 Å². The van der Waals surface area contributed by atoms with Gasteiger partial charge in [0, 0.05) is 52.7 Å². The van der Waals surface area contributed by atoms with Crippen LogP contribution in [0.2, 0.25) is 0 Å². The molecule has 1 N–H and O–H groups in total. The summed E-state index contributed by atoms with van der Waals surface area (Å²) < 4.78 is 35.8. The third-order valence-electron chi connectivity index (χ3n) is 12.6. The second-order valence-corrected chi connectivity index (χ2v) is 17.0. The third-order valence-corrected chi connectivity index (χ3v) is 12.6. The minimum Gasteiger partial charge on any atom is -0.456 e. The van der Waals surface area contributed by atoms with Crippen molar-refractivity contribution in [2.24, 2.45) is 29.6 Å². The van der Waals surface area contributed by atoms with Crippen LogP contribution in [0.15, 0.2) is 48.1 Å². The van der Waals surface area contributed by atoms with Gasteiger partial charge in [-0.3, -0.25) is 14.4 Å². The molecule has 0 radical (unpaired) electrons. The van der Waals surface area contributed by atoms with Gasteiger partial charge in [-0.1, -0.05) is 50.6 Å². The molecule has 57 heavy (non-hydrogen) atoms. The third kappa shape index (κ3) is 11.4. The summed E-state index contributed by atoms with van der Waals surface area (Å²) in [6, 6.07) is -1.06. The number of ketones is 2. The molecular weight excluding hydrogens is 730 g/mol. The Bertz CT molecular complexity index is 1510. The van der Waals surface area contributed by atoms with Gasteiger partial charge in [-0.25, -0.2) is 4.79 Å². The number of methoxy groups -OCH3 is 4. The van der Waals surface area contributed by atoms with Gasteiger partial charge in [0.1, 0.15) is 18.2 Å². The van der Waals surface area contributed by atoms with Crippen molar-refractivity contribution >= 4 is 23.4 Å². The highest BCUT2D eigenvalue weighted by atomic mass is 16.7. The molecule has 1 aliphatic carbocycles. The maximum absolute atomic E-state index is 14.3. The minimum absolute atomic E-state index is 0.00413. The van der Waals surface area contributed by atoms with Crippen LogP contribution in [0, 0.1) is 29.6 Å². The number of carbonyl (C=O) groups excluding carboxylic acids is 4. The normalized spacial score (nSPS) is 39.0. The number of Topliss-reactive ketones (excluding diaryl/α,β-unsaturated/α-hetero) is 1. The molecule has 12 heteroatoms. The number of nitrogens with zero attached hydrogens (tertiary/aromatic N) is 1. The monoisotopic (exact) mass is 799 g/mol. The molecule has 0 aromatic rings. The molecule has 0 spiro atoms. The first-order chi connectivity index (χ1) is 27.1. The van der Waals surface area contributed by atoms with Gasteiger partial charge in [-0.2, -0.15) is 0 Å². The first kappa shape index (κ1) is 46.7. The summed E-state index contributed by atoms with van der Waals surface area (Å²) in [6.07, 6.45) is 12.1. The average Bonchev–Trinajstić information content (AvgIpc) is 3.20. The Kier molecular flexibility index (Phi) is 17.5. The molecule has 2 bridgehead atoms. The summed E-state index contributed by atoms with van der Waals surface area (Å²) in [7, 11) is 6.46. The van der Waals surface area contributed by atoms with E-state index in [1.807, 2.05) is 26.8 Å². The first-order valence-corrected chi connectivity index (χ1v) is 20.9. The number of amides is 1. The molecule has 3 aliphatic heterocycles. The van der Waals surface area contributed by atoms with Gasteiger partial charge in [-0.15, -0.1) is 6.58 Å². The molecule has 0 aromatic heterocycles. The Hall–Kier alpha value is -3.00. The summed E-state index contributed by atoms with van der Waals surface area (Å²) >= 11 is 0. The van der Waals surface area contributed by atoms with Crippen LogP contribution < -0.4 is 0 Å². The SMILES string of the molecule is C=CCC1C=C(C)CC(C)CC(OC)C2OC(O)(C(=O)C(=O)N3CCCCC3C(=O)OC(C(C)=CC3CCC(OC)C(OC)C3)C(C)/C=C\C1=O)C(C)CC2OC. The number of piperidine rings is 1. The second-order valence-electron chi connectivity index (χ2n) is 17.0. The number of hydrogen-bond donors (Lipinski definition) is 1. The van der Waals surface area contributed by atoms with E-state index in [4.69, 9.17) is 28.4 Å². The Morgan fingerprint density at radius 3 is 2.25 bits per heavy atom. The molecule has 4 aliphatic rings. The van der Waals surface area contributed by atoms with E-state index in [9.17, 15) is 24.3 Å². The highest BCUT2D eigenvalue weighted by Gasteiger charge is 2.56. The quantitative estimate of drug-likeness (QED) is 0.173. The van der Waals surface area contributed by atoms with Crippen molar-refractivity contribution in [3.8, 4) is 0 Å². The first-order valence-electron chi connectivity index (χ1n) is 20.9. The molecule has 3 fully saturated rings. The Labute approximate surface area is 340 Å². The largest absolute Gasteiger partial charge is 0.456 e. The molecule has 2 saturated heterocycles. The van der Waals surface area contributed by atoms with Gasteiger partial charge in [0.15, 0.2) is 5.78 Å². The highest BCUT2D eigenvalue weighted by Crippen LogP contribution is 2.39. The number of esters is 1. The van der Waals surface area contributed by atoms with Crippen molar-refractivity contribution < 1.29 is 52.7 Å². The zero-order valence-corrected chi connectivity index (χ0v) is 35.8. The lowest BCUT2D eigenvalue weighted by atomic mass is 9.82. The van der Waals surface area contributed by atoms with Crippen LogP contribution in [0.3, 0.4) is 0 Å². The summed E-state index contributed by atoms with van der Waals surface area (Å²) in [5, 5.41) is 12.0. The van der Waals surface area contributed by atoms with Crippen LogP contribution in [0.1, 0.15) is 98.8 Å². The van der Waals surface area contributed by atoms with Crippen molar-refractivity contribution in [3.05, 3.63) is 48.1 Å². The molecule has 13 atom stereocenters. The van der Waals surface area contributed by atoms with E-state index in [0.29, 0.717) is 32.1 Å². The van der Waals surface area contributed by atoms with E-state index in [1.54, 1.807) is 53.6 Å². The van der Waals surface area contributed by atoms with Gasteiger partial charge < -0.3 is 38.4 Å². The van der Waals surface area contributed by atoms with Gasteiger partial charge >= 0.3 is 5.97 Å². The van der Waals surface area contributed by atoms with Gasteiger partial charge in [0.25, 0.3) is 11.7 Å². The van der Waals surface area contributed by atoms with Crippen molar-refractivity contribution in [1.82, 2.24) is 4.90 Å². The zero-order valence-electron chi connectivity index (χ0n) is 35.8. The molecule has 0 aromatic carbocycles. The van der Waals surface area contributed by atoms with Crippen LogP contribution >= 0.6 is 0 Å². The molecule has 13 unspecified atom stereocenters. The molecule has 3 heterocycles. The number of rotatable bonds is 8. The topological polar surface area (TPSA) is 147 Å². The smallest absolute Gasteiger partial charge is 0.329 e. The van der Waals surface area contributed by atoms with E-state index >= 15 is 0 Å². The van der Waals surface area contributed by atoms with E-state index in [0.717, 1.165) is 30.4 Å². The van der Waals surface area contributed by atoms with E-state index < -0.39 is 71.7 Å². The maximum Gasteiger partial charge on any atom is 0.329 e. The van der Waals surface area contributed by atoms with Crippen molar-refractivity contribution in [3.63, 3.8) is 0 Å². The number of hydrogen-bond acceptors (Lipinski definition) is 11. The zero-order chi connectivity index (χ0) is 42.0. The molecule has 1 saturated carbocycles. The van der Waals surface area contributed by atoms with Crippen LogP contribution in [0.25, 0.3) is 0 Å². The van der Waals surface area contributed by atoms with Gasteiger partial charge in [-0.05, 0) is 102 Å². The van der Waals surface area contributed by atoms with Crippen molar-refractivity contribution in [2.45, 2.75) is 147 Å².